The predicted molar refractivity (Wildman–Crippen MR) is 72.1 cm³/mol. The molecule has 19 heavy (non-hydrogen) atoms. The Bertz CT molecular complexity index is 455. The van der Waals surface area contributed by atoms with Gasteiger partial charge in [-0.3, -0.25) is 4.79 Å². The maximum absolute atomic E-state index is 11.5. The average Bonchev–Trinajstić information content (AvgIpc) is 3.16. The molecule has 6 nitrogen and oxygen atoms in total. The number of urea groups is 1. The minimum atomic E-state index is -0.213. The SMILES string of the molecule is COCC(=O)Nc1ccc(NC(=O)NC2CC2)cc1. The first-order valence-electron chi connectivity index (χ1n) is 6.14. The van der Waals surface area contributed by atoms with Crippen LogP contribution in [0.2, 0.25) is 0 Å². The number of carbonyl (C=O) groups excluding carboxylic acids is 2. The lowest BCUT2D eigenvalue weighted by Gasteiger charge is -2.08. The molecule has 1 aromatic rings. The molecule has 1 aliphatic rings. The van der Waals surface area contributed by atoms with Gasteiger partial charge in [-0.25, -0.2) is 4.79 Å². The van der Waals surface area contributed by atoms with Crippen molar-refractivity contribution in [3.05, 3.63) is 24.3 Å². The molecule has 1 saturated carbocycles. The molecule has 0 bridgehead atoms. The van der Waals surface area contributed by atoms with Gasteiger partial charge in [-0.05, 0) is 37.1 Å². The summed E-state index contributed by atoms with van der Waals surface area (Å²) < 4.78 is 4.72. The number of carbonyl (C=O) groups is 2. The highest BCUT2D eigenvalue weighted by Crippen LogP contribution is 2.19. The van der Waals surface area contributed by atoms with Crippen molar-refractivity contribution in [3.8, 4) is 0 Å². The van der Waals surface area contributed by atoms with E-state index in [2.05, 4.69) is 16.0 Å². The molecule has 0 heterocycles. The first kappa shape index (κ1) is 13.4. The average molecular weight is 263 g/mol. The van der Waals surface area contributed by atoms with Gasteiger partial charge in [0.25, 0.3) is 0 Å². The summed E-state index contributed by atoms with van der Waals surface area (Å²) >= 11 is 0. The van der Waals surface area contributed by atoms with E-state index in [1.807, 2.05) is 0 Å². The zero-order valence-electron chi connectivity index (χ0n) is 10.7. The quantitative estimate of drug-likeness (QED) is 0.754. The number of hydrogen-bond donors (Lipinski definition) is 3. The fourth-order valence-electron chi connectivity index (χ4n) is 1.55. The van der Waals surface area contributed by atoms with E-state index in [1.54, 1.807) is 24.3 Å². The zero-order valence-corrected chi connectivity index (χ0v) is 10.7. The molecule has 1 aliphatic carbocycles. The molecule has 6 heteroatoms. The largest absolute Gasteiger partial charge is 0.375 e. The molecule has 0 aliphatic heterocycles. The zero-order chi connectivity index (χ0) is 13.7. The van der Waals surface area contributed by atoms with Crippen LogP contribution in [0.5, 0.6) is 0 Å². The summed E-state index contributed by atoms with van der Waals surface area (Å²) in [6.45, 7) is 0.0177. The molecular formula is C13H17N3O3. The van der Waals surface area contributed by atoms with Crippen molar-refractivity contribution in [2.75, 3.05) is 24.4 Å². The first-order chi connectivity index (χ1) is 9.17. The van der Waals surface area contributed by atoms with E-state index in [1.165, 1.54) is 7.11 Å². The highest BCUT2D eigenvalue weighted by molar-refractivity contribution is 5.93. The van der Waals surface area contributed by atoms with Gasteiger partial charge in [0.1, 0.15) is 6.61 Å². The van der Waals surface area contributed by atoms with Gasteiger partial charge in [0.15, 0.2) is 0 Å². The van der Waals surface area contributed by atoms with Gasteiger partial charge in [0, 0.05) is 24.5 Å². The van der Waals surface area contributed by atoms with Crippen LogP contribution < -0.4 is 16.0 Å². The summed E-state index contributed by atoms with van der Waals surface area (Å²) in [5.74, 6) is -0.213. The number of methoxy groups -OCH3 is 1. The Morgan fingerprint density at radius 2 is 1.74 bits per heavy atom. The first-order valence-corrected chi connectivity index (χ1v) is 6.14. The maximum Gasteiger partial charge on any atom is 0.319 e. The lowest BCUT2D eigenvalue weighted by Crippen LogP contribution is -2.30. The van der Waals surface area contributed by atoms with Gasteiger partial charge in [-0.2, -0.15) is 0 Å². The normalized spacial score (nSPS) is 13.7. The molecule has 0 atom stereocenters. The number of ether oxygens (including phenoxy) is 1. The summed E-state index contributed by atoms with van der Waals surface area (Å²) in [4.78, 5) is 22.8. The Labute approximate surface area is 111 Å². The van der Waals surface area contributed by atoms with E-state index in [0.717, 1.165) is 12.8 Å². The topological polar surface area (TPSA) is 79.5 Å². The van der Waals surface area contributed by atoms with E-state index >= 15 is 0 Å². The van der Waals surface area contributed by atoms with Gasteiger partial charge < -0.3 is 20.7 Å². The van der Waals surface area contributed by atoms with Crippen LogP contribution in [0, 0.1) is 0 Å². The van der Waals surface area contributed by atoms with Crippen LogP contribution >= 0.6 is 0 Å². The van der Waals surface area contributed by atoms with E-state index in [9.17, 15) is 9.59 Å². The second-order valence-electron chi connectivity index (χ2n) is 4.43. The van der Waals surface area contributed by atoms with Crippen LogP contribution in [0.15, 0.2) is 24.3 Å². The predicted octanol–water partition coefficient (Wildman–Crippen LogP) is 1.56. The van der Waals surface area contributed by atoms with Gasteiger partial charge >= 0.3 is 6.03 Å². The summed E-state index contributed by atoms with van der Waals surface area (Å²) in [5, 5.41) is 8.23. The molecule has 3 N–H and O–H groups in total. The molecule has 3 amide bonds. The molecule has 0 saturated heterocycles. The van der Waals surface area contributed by atoms with Crippen molar-refractivity contribution in [3.63, 3.8) is 0 Å². The lowest BCUT2D eigenvalue weighted by molar-refractivity contribution is -0.119. The molecule has 0 radical (unpaired) electrons. The van der Waals surface area contributed by atoms with Crippen LogP contribution in [0.4, 0.5) is 16.2 Å². The minimum Gasteiger partial charge on any atom is -0.375 e. The summed E-state index contributed by atoms with van der Waals surface area (Å²) in [6.07, 6.45) is 2.11. The van der Waals surface area contributed by atoms with Crippen LogP contribution in [0.1, 0.15) is 12.8 Å². The second kappa shape index (κ2) is 6.19. The number of anilines is 2. The van der Waals surface area contributed by atoms with Gasteiger partial charge in [0.2, 0.25) is 5.91 Å². The summed E-state index contributed by atoms with van der Waals surface area (Å²) in [5.41, 5.74) is 1.35. The molecule has 0 aromatic heterocycles. The Balaban J connectivity index is 1.83. The van der Waals surface area contributed by atoms with Crippen LogP contribution in [0.3, 0.4) is 0 Å². The number of rotatable bonds is 5. The number of nitrogens with one attached hydrogen (secondary N) is 3. The van der Waals surface area contributed by atoms with Crippen LogP contribution in [-0.2, 0) is 9.53 Å². The van der Waals surface area contributed by atoms with Crippen molar-refractivity contribution in [1.82, 2.24) is 5.32 Å². The van der Waals surface area contributed by atoms with Crippen molar-refractivity contribution >= 4 is 23.3 Å². The Morgan fingerprint density at radius 3 is 2.26 bits per heavy atom. The fraction of sp³-hybridized carbons (Fsp3) is 0.385. The minimum absolute atomic E-state index is 0.0177. The van der Waals surface area contributed by atoms with E-state index in [0.29, 0.717) is 17.4 Å². The highest BCUT2D eigenvalue weighted by atomic mass is 16.5. The highest BCUT2D eigenvalue weighted by Gasteiger charge is 2.23. The molecule has 0 spiro atoms. The number of benzene rings is 1. The molecule has 2 rings (SSSR count). The standard InChI is InChI=1S/C13H17N3O3/c1-19-8-12(17)14-9-2-4-10(5-3-9)15-13(18)16-11-6-7-11/h2-5,11H,6-8H2,1H3,(H,14,17)(H2,15,16,18). The summed E-state index contributed by atoms with van der Waals surface area (Å²) in [7, 11) is 1.46. The van der Waals surface area contributed by atoms with Crippen LogP contribution in [-0.4, -0.2) is 31.7 Å². The third-order valence-electron chi connectivity index (χ3n) is 2.61. The van der Waals surface area contributed by atoms with E-state index in [-0.39, 0.29) is 18.5 Å². The fourth-order valence-corrected chi connectivity index (χ4v) is 1.55. The van der Waals surface area contributed by atoms with Crippen LogP contribution in [0.25, 0.3) is 0 Å². The van der Waals surface area contributed by atoms with Crippen molar-refractivity contribution in [1.29, 1.82) is 0 Å². The van der Waals surface area contributed by atoms with Gasteiger partial charge in [-0.1, -0.05) is 0 Å². The monoisotopic (exact) mass is 263 g/mol. The number of amides is 3. The van der Waals surface area contributed by atoms with Gasteiger partial charge in [0.05, 0.1) is 0 Å². The Hall–Kier alpha value is -2.08. The van der Waals surface area contributed by atoms with Crippen molar-refractivity contribution < 1.29 is 14.3 Å². The molecule has 1 aromatic carbocycles. The molecule has 102 valence electrons. The maximum atomic E-state index is 11.5. The third-order valence-corrected chi connectivity index (χ3v) is 2.61. The van der Waals surface area contributed by atoms with E-state index < -0.39 is 0 Å². The van der Waals surface area contributed by atoms with Crippen molar-refractivity contribution in [2.45, 2.75) is 18.9 Å². The van der Waals surface area contributed by atoms with Crippen molar-refractivity contribution in [2.24, 2.45) is 0 Å². The molecule has 1 fully saturated rings. The molecule has 0 unspecified atom stereocenters. The second-order valence-corrected chi connectivity index (χ2v) is 4.43. The molecular weight excluding hydrogens is 246 g/mol. The Morgan fingerprint density at radius 1 is 1.16 bits per heavy atom. The van der Waals surface area contributed by atoms with E-state index in [4.69, 9.17) is 4.74 Å². The lowest BCUT2D eigenvalue weighted by atomic mass is 10.3. The number of hydrogen-bond acceptors (Lipinski definition) is 3. The third kappa shape index (κ3) is 4.59. The summed E-state index contributed by atoms with van der Waals surface area (Å²) in [6, 6.07) is 7.04. The Kier molecular flexibility index (Phi) is 4.35. The van der Waals surface area contributed by atoms with Gasteiger partial charge in [-0.15, -0.1) is 0 Å². The smallest absolute Gasteiger partial charge is 0.319 e.